The number of ether oxygens (including phenoxy) is 1. The van der Waals surface area contributed by atoms with Crippen LogP contribution in [0, 0.1) is 12.5 Å². The third-order valence-corrected chi connectivity index (χ3v) is 6.36. The Balaban J connectivity index is 1.38. The second-order valence-corrected chi connectivity index (χ2v) is 8.81. The second-order valence-electron chi connectivity index (χ2n) is 8.81. The van der Waals surface area contributed by atoms with Crippen molar-refractivity contribution >= 4 is 17.5 Å². The summed E-state index contributed by atoms with van der Waals surface area (Å²) in [5, 5.41) is 10.5. The molecule has 8 nitrogen and oxygen atoms in total. The van der Waals surface area contributed by atoms with Gasteiger partial charge in [-0.05, 0) is 76.2 Å². The van der Waals surface area contributed by atoms with Gasteiger partial charge in [-0.1, -0.05) is 12.6 Å². The highest BCUT2D eigenvalue weighted by Crippen LogP contribution is 2.32. The van der Waals surface area contributed by atoms with Crippen LogP contribution >= 0.6 is 0 Å². The van der Waals surface area contributed by atoms with Crippen molar-refractivity contribution in [1.29, 1.82) is 0 Å². The third-order valence-electron chi connectivity index (χ3n) is 6.36. The van der Waals surface area contributed by atoms with Crippen LogP contribution in [0.5, 0.6) is 5.75 Å². The van der Waals surface area contributed by atoms with Crippen LogP contribution in [0.2, 0.25) is 0 Å². The van der Waals surface area contributed by atoms with Crippen LogP contribution in [-0.4, -0.2) is 51.3 Å². The maximum absolute atomic E-state index is 6.96. The van der Waals surface area contributed by atoms with Crippen molar-refractivity contribution in [2.75, 3.05) is 25.5 Å². The molecule has 3 aromatic rings. The predicted molar refractivity (Wildman–Crippen MR) is 130 cm³/mol. The summed E-state index contributed by atoms with van der Waals surface area (Å²) in [5.74, 6) is 3.04. The molecule has 0 radical (unpaired) electrons. The van der Waals surface area contributed by atoms with Crippen molar-refractivity contribution in [2.24, 2.45) is 5.92 Å². The van der Waals surface area contributed by atoms with Crippen molar-refractivity contribution in [3.8, 4) is 17.0 Å². The van der Waals surface area contributed by atoms with Gasteiger partial charge in [-0.3, -0.25) is 5.10 Å². The molecular weight excluding hydrogens is 414 g/mol. The molecule has 2 aromatic heterocycles. The van der Waals surface area contributed by atoms with Gasteiger partial charge in [0, 0.05) is 17.7 Å². The maximum atomic E-state index is 6.96. The number of aryl methyl sites for hydroxylation is 1. The zero-order valence-electron chi connectivity index (χ0n) is 19.5. The summed E-state index contributed by atoms with van der Waals surface area (Å²) in [5.41, 5.74) is 3.11. The van der Waals surface area contributed by atoms with E-state index in [0.717, 1.165) is 29.3 Å². The molecule has 2 N–H and O–H groups in total. The minimum atomic E-state index is 0.258. The standard InChI is InChI=1S/C25H31N7O/c1-17(2)32-11-9-18(10-12-32)5-6-19-7-8-20(22(13-19)33-4)21-14-23(31-30-21)29-25-16-27-24(26-3)15-28-25/h7-8,13-18H,5-6,9-12H2,1-2,4H3,(H2,28,29,30,31). The molecule has 1 aromatic carbocycles. The van der Waals surface area contributed by atoms with Crippen LogP contribution in [0.4, 0.5) is 17.5 Å². The van der Waals surface area contributed by atoms with Crippen molar-refractivity contribution in [2.45, 2.75) is 45.6 Å². The van der Waals surface area contributed by atoms with Gasteiger partial charge < -0.3 is 19.8 Å². The molecule has 0 spiro atoms. The van der Waals surface area contributed by atoms with Gasteiger partial charge in [-0.2, -0.15) is 5.10 Å². The number of hydrogen-bond donors (Lipinski definition) is 2. The Hall–Kier alpha value is -3.44. The number of piperidine rings is 1. The maximum Gasteiger partial charge on any atom is 0.288 e. The van der Waals surface area contributed by atoms with Gasteiger partial charge in [0.1, 0.15) is 5.75 Å². The molecular formula is C25H31N7O. The first-order chi connectivity index (χ1) is 16.1. The monoisotopic (exact) mass is 445 g/mol. The smallest absolute Gasteiger partial charge is 0.288 e. The van der Waals surface area contributed by atoms with Crippen molar-refractivity contribution < 1.29 is 4.74 Å². The molecule has 1 aliphatic rings. The number of methoxy groups -OCH3 is 1. The number of nitrogens with zero attached hydrogens (tertiary/aromatic N) is 5. The van der Waals surface area contributed by atoms with Crippen LogP contribution in [0.3, 0.4) is 0 Å². The third kappa shape index (κ3) is 5.68. The molecule has 33 heavy (non-hydrogen) atoms. The minimum Gasteiger partial charge on any atom is -0.496 e. The first-order valence-corrected chi connectivity index (χ1v) is 11.5. The van der Waals surface area contributed by atoms with E-state index in [9.17, 15) is 0 Å². The summed E-state index contributed by atoms with van der Waals surface area (Å²) in [4.78, 5) is 14.0. The predicted octanol–water partition coefficient (Wildman–Crippen LogP) is 5.22. The van der Waals surface area contributed by atoms with Crippen LogP contribution in [0.15, 0.2) is 36.7 Å². The Morgan fingerprint density at radius 2 is 2.00 bits per heavy atom. The van der Waals surface area contributed by atoms with Crippen molar-refractivity contribution in [3.05, 3.63) is 53.6 Å². The lowest BCUT2D eigenvalue weighted by molar-refractivity contribution is 0.146. The van der Waals surface area contributed by atoms with Crippen molar-refractivity contribution in [3.63, 3.8) is 0 Å². The summed E-state index contributed by atoms with van der Waals surface area (Å²) >= 11 is 0. The number of hydrogen-bond acceptors (Lipinski definition) is 6. The van der Waals surface area contributed by atoms with Crippen LogP contribution in [0.25, 0.3) is 16.1 Å². The largest absolute Gasteiger partial charge is 0.496 e. The SMILES string of the molecule is [C-]#[N+]c1cnc(Nc2cc(-c3ccc(CCC4CCN(C(C)C)CC4)cc3OC)[nH]n2)cn1. The topological polar surface area (TPSA) is 83.3 Å². The van der Waals surface area contributed by atoms with Gasteiger partial charge in [0.2, 0.25) is 0 Å². The number of aromatic nitrogens is 4. The van der Waals surface area contributed by atoms with E-state index in [1.807, 2.05) is 6.07 Å². The van der Waals surface area contributed by atoms with E-state index in [1.165, 1.54) is 50.3 Å². The highest BCUT2D eigenvalue weighted by Gasteiger charge is 2.20. The van der Waals surface area contributed by atoms with Crippen LogP contribution in [-0.2, 0) is 6.42 Å². The molecule has 3 heterocycles. The Bertz CT molecular complexity index is 1090. The lowest BCUT2D eigenvalue weighted by Gasteiger charge is -2.34. The summed E-state index contributed by atoms with van der Waals surface area (Å²) in [6.07, 6.45) is 7.82. The molecule has 0 saturated carbocycles. The van der Waals surface area contributed by atoms with E-state index in [2.05, 4.69) is 67.3 Å². The number of rotatable bonds is 8. The zero-order valence-corrected chi connectivity index (χ0v) is 19.5. The Labute approximate surface area is 195 Å². The Kier molecular flexibility index (Phi) is 7.20. The molecule has 0 amide bonds. The average Bonchev–Trinajstić information content (AvgIpc) is 3.31. The first kappa shape index (κ1) is 22.7. The second kappa shape index (κ2) is 10.5. The average molecular weight is 446 g/mol. The van der Waals surface area contributed by atoms with Crippen LogP contribution in [0.1, 0.15) is 38.7 Å². The number of nitrogens with one attached hydrogen (secondary N) is 2. The fourth-order valence-corrected chi connectivity index (χ4v) is 4.34. The first-order valence-electron chi connectivity index (χ1n) is 11.5. The molecule has 1 saturated heterocycles. The van der Waals surface area contributed by atoms with Gasteiger partial charge in [0.25, 0.3) is 5.82 Å². The molecule has 8 heteroatoms. The molecule has 0 aliphatic carbocycles. The molecule has 0 unspecified atom stereocenters. The molecule has 1 aliphatic heterocycles. The van der Waals surface area contributed by atoms with Gasteiger partial charge in [0.15, 0.2) is 17.8 Å². The zero-order chi connectivity index (χ0) is 23.2. The number of anilines is 2. The molecule has 0 atom stereocenters. The van der Waals surface area contributed by atoms with Gasteiger partial charge in [0.05, 0.1) is 19.0 Å². The summed E-state index contributed by atoms with van der Waals surface area (Å²) < 4.78 is 5.70. The number of aromatic amines is 1. The van der Waals surface area contributed by atoms with E-state index in [1.54, 1.807) is 7.11 Å². The quantitative estimate of drug-likeness (QED) is 0.463. The summed E-state index contributed by atoms with van der Waals surface area (Å²) in [6.45, 7) is 14.0. The normalized spacial score (nSPS) is 14.9. The van der Waals surface area contributed by atoms with E-state index in [-0.39, 0.29) is 5.82 Å². The van der Waals surface area contributed by atoms with E-state index in [4.69, 9.17) is 11.3 Å². The van der Waals surface area contributed by atoms with Gasteiger partial charge in [-0.25, -0.2) is 4.98 Å². The lowest BCUT2D eigenvalue weighted by Crippen LogP contribution is -2.38. The van der Waals surface area contributed by atoms with Crippen molar-refractivity contribution in [1.82, 2.24) is 25.1 Å². The fourth-order valence-electron chi connectivity index (χ4n) is 4.34. The lowest BCUT2D eigenvalue weighted by atomic mass is 9.90. The van der Waals surface area contributed by atoms with E-state index in [0.29, 0.717) is 17.7 Å². The molecule has 172 valence electrons. The molecule has 1 fully saturated rings. The molecule has 0 bridgehead atoms. The van der Waals surface area contributed by atoms with Gasteiger partial charge in [-0.15, -0.1) is 4.98 Å². The highest BCUT2D eigenvalue weighted by molar-refractivity contribution is 5.71. The number of benzene rings is 1. The molecule has 4 rings (SSSR count). The summed E-state index contributed by atoms with van der Waals surface area (Å²) in [6, 6.07) is 8.98. The Morgan fingerprint density at radius 1 is 1.18 bits per heavy atom. The fraction of sp³-hybridized carbons (Fsp3) is 0.440. The minimum absolute atomic E-state index is 0.258. The number of H-pyrrole nitrogens is 1. The van der Waals surface area contributed by atoms with E-state index >= 15 is 0 Å². The number of likely N-dealkylation sites (tertiary alicyclic amines) is 1. The van der Waals surface area contributed by atoms with Gasteiger partial charge >= 0.3 is 0 Å². The Morgan fingerprint density at radius 3 is 2.67 bits per heavy atom. The summed E-state index contributed by atoms with van der Waals surface area (Å²) in [7, 11) is 1.70. The highest BCUT2D eigenvalue weighted by atomic mass is 16.5. The van der Waals surface area contributed by atoms with Crippen LogP contribution < -0.4 is 10.1 Å². The van der Waals surface area contributed by atoms with E-state index < -0.39 is 0 Å².